The molecule has 1 N–H and O–H groups in total. The van der Waals surface area contributed by atoms with Gasteiger partial charge in [0.2, 0.25) is 0 Å². The lowest BCUT2D eigenvalue weighted by Gasteiger charge is -2.21. The van der Waals surface area contributed by atoms with Crippen molar-refractivity contribution < 1.29 is 0 Å². The molecule has 0 unspecified atom stereocenters. The summed E-state index contributed by atoms with van der Waals surface area (Å²) >= 11 is 0. The fourth-order valence-electron chi connectivity index (χ4n) is 5.45. The van der Waals surface area contributed by atoms with Crippen molar-refractivity contribution in [2.24, 2.45) is 0 Å². The lowest BCUT2D eigenvalue weighted by atomic mass is 9.82. The second kappa shape index (κ2) is 13.8. The van der Waals surface area contributed by atoms with Gasteiger partial charge in [0.1, 0.15) is 0 Å². The Kier molecular flexibility index (Phi) is 9.99. The Bertz CT molecular complexity index is 1630. The van der Waals surface area contributed by atoms with Crippen LogP contribution >= 0.6 is 0 Å². The van der Waals surface area contributed by atoms with Crippen molar-refractivity contribution in [3.8, 4) is 0 Å². The minimum atomic E-state index is -0.0552. The number of hydrogen-bond donors (Lipinski definition) is 1. The second-order valence-corrected chi connectivity index (χ2v) is 11.3. The van der Waals surface area contributed by atoms with Crippen LogP contribution in [0.4, 0.5) is 5.69 Å². The maximum atomic E-state index is 4.38. The summed E-state index contributed by atoms with van der Waals surface area (Å²) in [5, 5.41) is 3.39. The van der Waals surface area contributed by atoms with E-state index < -0.39 is 0 Å². The Labute approximate surface area is 253 Å². The molecule has 42 heavy (non-hydrogen) atoms. The SMILES string of the molecule is C=C(/C=C\C=C/Nc1cccc(Cc2ccc(C(/C=C\C)=C/C)cc2)c1)/C(C)=C/C=C1\C(=C)c2ccccc2C1(C)C. The van der Waals surface area contributed by atoms with Gasteiger partial charge in [-0.3, -0.25) is 0 Å². The van der Waals surface area contributed by atoms with E-state index in [0.717, 1.165) is 28.8 Å². The van der Waals surface area contributed by atoms with Crippen LogP contribution in [0.5, 0.6) is 0 Å². The average molecular weight is 550 g/mol. The summed E-state index contributed by atoms with van der Waals surface area (Å²) in [4.78, 5) is 0. The topological polar surface area (TPSA) is 12.0 Å². The molecule has 0 radical (unpaired) electrons. The summed E-state index contributed by atoms with van der Waals surface area (Å²) in [7, 11) is 0. The molecule has 4 rings (SSSR count). The summed E-state index contributed by atoms with van der Waals surface area (Å²) in [6.07, 6.45) is 19.7. The smallest absolute Gasteiger partial charge is 0.0382 e. The second-order valence-electron chi connectivity index (χ2n) is 11.3. The number of rotatable bonds is 10. The van der Waals surface area contributed by atoms with Crippen LogP contribution in [-0.2, 0) is 11.8 Å². The molecular formula is C41H43N. The number of hydrogen-bond acceptors (Lipinski definition) is 1. The molecular weight excluding hydrogens is 506 g/mol. The first-order valence-corrected chi connectivity index (χ1v) is 14.7. The third kappa shape index (κ3) is 7.17. The van der Waals surface area contributed by atoms with Crippen LogP contribution in [0.2, 0.25) is 0 Å². The van der Waals surface area contributed by atoms with Gasteiger partial charge in [0.15, 0.2) is 0 Å². The van der Waals surface area contributed by atoms with Gasteiger partial charge in [0.25, 0.3) is 0 Å². The van der Waals surface area contributed by atoms with Crippen molar-refractivity contribution >= 4 is 16.8 Å². The van der Waals surface area contributed by atoms with E-state index in [9.17, 15) is 0 Å². The number of allylic oxidation sites excluding steroid dienone is 13. The molecule has 0 atom stereocenters. The van der Waals surface area contributed by atoms with Crippen LogP contribution in [0.3, 0.4) is 0 Å². The van der Waals surface area contributed by atoms with Crippen molar-refractivity contribution in [1.82, 2.24) is 0 Å². The van der Waals surface area contributed by atoms with Crippen LogP contribution in [0, 0.1) is 0 Å². The van der Waals surface area contributed by atoms with E-state index in [1.807, 2.05) is 31.4 Å². The van der Waals surface area contributed by atoms with Crippen LogP contribution in [0.15, 0.2) is 157 Å². The van der Waals surface area contributed by atoms with Gasteiger partial charge in [-0.25, -0.2) is 0 Å². The summed E-state index contributed by atoms with van der Waals surface area (Å²) in [5.74, 6) is 0. The lowest BCUT2D eigenvalue weighted by Crippen LogP contribution is -2.14. The van der Waals surface area contributed by atoms with Gasteiger partial charge in [-0.1, -0.05) is 130 Å². The molecule has 3 aromatic carbocycles. The molecule has 212 valence electrons. The molecule has 3 aromatic rings. The Morgan fingerprint density at radius 2 is 1.64 bits per heavy atom. The zero-order valence-electron chi connectivity index (χ0n) is 25.7. The molecule has 0 amide bonds. The van der Waals surface area contributed by atoms with Gasteiger partial charge in [-0.2, -0.15) is 0 Å². The zero-order valence-corrected chi connectivity index (χ0v) is 25.7. The van der Waals surface area contributed by atoms with Gasteiger partial charge in [-0.15, -0.1) is 0 Å². The molecule has 0 spiro atoms. The summed E-state index contributed by atoms with van der Waals surface area (Å²) < 4.78 is 0. The largest absolute Gasteiger partial charge is 0.362 e. The normalized spacial score (nSPS) is 16.2. The predicted molar refractivity (Wildman–Crippen MR) is 186 cm³/mol. The van der Waals surface area contributed by atoms with E-state index >= 15 is 0 Å². The molecule has 0 saturated heterocycles. The minimum absolute atomic E-state index is 0.0552. The highest BCUT2D eigenvalue weighted by Gasteiger charge is 2.36. The quantitative estimate of drug-likeness (QED) is 0.248. The first-order chi connectivity index (χ1) is 20.2. The minimum Gasteiger partial charge on any atom is -0.362 e. The fraction of sp³-hybridized carbons (Fsp3) is 0.171. The summed E-state index contributed by atoms with van der Waals surface area (Å²) in [5.41, 5.74) is 13.1. The first-order valence-electron chi connectivity index (χ1n) is 14.7. The van der Waals surface area contributed by atoms with Crippen LogP contribution < -0.4 is 5.32 Å². The fourth-order valence-corrected chi connectivity index (χ4v) is 5.45. The summed E-state index contributed by atoms with van der Waals surface area (Å²) in [6, 6.07) is 26.0. The summed E-state index contributed by atoms with van der Waals surface area (Å²) in [6.45, 7) is 19.4. The molecule has 0 aliphatic heterocycles. The van der Waals surface area contributed by atoms with Crippen LogP contribution in [0.25, 0.3) is 11.1 Å². The number of nitrogens with one attached hydrogen (secondary N) is 1. The molecule has 1 aliphatic rings. The van der Waals surface area contributed by atoms with Crippen molar-refractivity contribution in [2.45, 2.75) is 46.5 Å². The van der Waals surface area contributed by atoms with E-state index in [0.29, 0.717) is 0 Å². The van der Waals surface area contributed by atoms with Crippen LogP contribution in [-0.4, -0.2) is 0 Å². The average Bonchev–Trinajstić information content (AvgIpc) is 3.19. The first kappa shape index (κ1) is 30.3. The molecule has 0 heterocycles. The Morgan fingerprint density at radius 1 is 0.881 bits per heavy atom. The van der Waals surface area contributed by atoms with E-state index in [1.54, 1.807) is 0 Å². The van der Waals surface area contributed by atoms with E-state index in [-0.39, 0.29) is 5.41 Å². The number of anilines is 1. The number of fused-ring (bicyclic) bond motifs is 1. The lowest BCUT2D eigenvalue weighted by molar-refractivity contribution is 0.661. The highest BCUT2D eigenvalue weighted by molar-refractivity contribution is 5.88. The Morgan fingerprint density at radius 3 is 2.36 bits per heavy atom. The van der Waals surface area contributed by atoms with Gasteiger partial charge >= 0.3 is 0 Å². The molecule has 1 heteroatoms. The maximum absolute atomic E-state index is 4.38. The van der Waals surface area contributed by atoms with Crippen LogP contribution in [0.1, 0.15) is 62.4 Å². The third-order valence-electron chi connectivity index (χ3n) is 7.96. The van der Waals surface area contributed by atoms with Crippen molar-refractivity contribution in [2.75, 3.05) is 5.32 Å². The van der Waals surface area contributed by atoms with Gasteiger partial charge in [0, 0.05) is 17.3 Å². The van der Waals surface area contributed by atoms with Crippen molar-refractivity contribution in [1.29, 1.82) is 0 Å². The highest BCUT2D eigenvalue weighted by atomic mass is 14.8. The molecule has 1 aliphatic carbocycles. The zero-order chi connectivity index (χ0) is 30.1. The molecule has 0 saturated carbocycles. The molecule has 0 aromatic heterocycles. The van der Waals surface area contributed by atoms with Gasteiger partial charge < -0.3 is 5.32 Å². The molecule has 0 bridgehead atoms. The Hall–Kier alpha value is -4.62. The van der Waals surface area contributed by atoms with E-state index in [2.05, 4.69) is 149 Å². The van der Waals surface area contributed by atoms with Gasteiger partial charge in [-0.05, 0) is 101 Å². The molecule has 0 fully saturated rings. The standard InChI is InChI=1S/C41H43N/c1-8-15-35(9-2)36-24-22-33(23-25-36)28-34-17-14-18-37(29-34)42-27-13-12-16-30(3)31(4)21-26-39-32(5)38-19-10-11-20-40(38)41(39,6)7/h8-27,29,42H,3,5,28H2,1-2,4,6-7H3/b15-8-,16-12-,27-13-,31-21+,35-9+,39-26+. The maximum Gasteiger partial charge on any atom is 0.0382 e. The monoisotopic (exact) mass is 549 g/mol. The predicted octanol–water partition coefficient (Wildman–Crippen LogP) is 11.2. The third-order valence-corrected chi connectivity index (χ3v) is 7.96. The number of benzene rings is 3. The Balaban J connectivity index is 1.32. The van der Waals surface area contributed by atoms with E-state index in [1.165, 1.54) is 39.0 Å². The highest BCUT2D eigenvalue weighted by Crippen LogP contribution is 2.48. The van der Waals surface area contributed by atoms with Gasteiger partial charge in [0.05, 0.1) is 0 Å². The van der Waals surface area contributed by atoms with Crippen molar-refractivity contribution in [3.63, 3.8) is 0 Å². The van der Waals surface area contributed by atoms with E-state index in [4.69, 9.17) is 0 Å². The van der Waals surface area contributed by atoms with Crippen molar-refractivity contribution in [3.05, 3.63) is 185 Å². The molecule has 1 nitrogen and oxygen atoms in total.